The lowest BCUT2D eigenvalue weighted by atomic mass is 10.3. The Morgan fingerprint density at radius 3 is 2.36 bits per heavy atom. The number of terminal acetylenes is 1. The van der Waals surface area contributed by atoms with Crippen LogP contribution in [-0.2, 0) is 14.4 Å². The number of hydrogen-bond donors (Lipinski definition) is 3. The minimum atomic E-state index is -2.03. The molecule has 0 saturated heterocycles. The first-order valence-corrected chi connectivity index (χ1v) is 7.29. The van der Waals surface area contributed by atoms with Crippen LogP contribution in [-0.4, -0.2) is 70.4 Å². The van der Waals surface area contributed by atoms with E-state index in [-0.39, 0.29) is 24.4 Å². The van der Waals surface area contributed by atoms with E-state index in [1.165, 1.54) is 4.90 Å². The van der Waals surface area contributed by atoms with Crippen LogP contribution in [0, 0.1) is 12.3 Å². The highest BCUT2D eigenvalue weighted by molar-refractivity contribution is 6.00. The number of anilines is 3. The highest BCUT2D eigenvalue weighted by Crippen LogP contribution is 2.18. The van der Waals surface area contributed by atoms with E-state index in [1.807, 2.05) is 6.92 Å². The quantitative estimate of drug-likeness (QED) is 0.289. The van der Waals surface area contributed by atoms with Crippen LogP contribution in [0.25, 0.3) is 0 Å². The van der Waals surface area contributed by atoms with Gasteiger partial charge in [0.1, 0.15) is 0 Å². The van der Waals surface area contributed by atoms with Gasteiger partial charge in [0.25, 0.3) is 12.0 Å². The lowest BCUT2D eigenvalue weighted by Crippen LogP contribution is -2.47. The Morgan fingerprint density at radius 1 is 1.28 bits per heavy atom. The molecule has 0 atom stereocenters. The van der Waals surface area contributed by atoms with Gasteiger partial charge in [-0.1, -0.05) is 12.8 Å². The number of nitrogens with one attached hydrogen (secondary N) is 1. The van der Waals surface area contributed by atoms with Crippen LogP contribution < -0.4 is 15.3 Å². The fourth-order valence-corrected chi connectivity index (χ4v) is 1.76. The monoisotopic (exact) mass is 352 g/mol. The van der Waals surface area contributed by atoms with Crippen molar-refractivity contribution in [1.82, 2.24) is 15.0 Å². The zero-order valence-corrected chi connectivity index (χ0v) is 14.1. The van der Waals surface area contributed by atoms with Crippen molar-refractivity contribution in [3.8, 4) is 12.3 Å². The second-order valence-corrected chi connectivity index (χ2v) is 4.83. The summed E-state index contributed by atoms with van der Waals surface area (Å²) in [6.07, 6.45) is 6.06. The van der Waals surface area contributed by atoms with Gasteiger partial charge in [-0.3, -0.25) is 4.84 Å². The van der Waals surface area contributed by atoms with E-state index in [0.717, 1.165) is 13.5 Å². The SMILES string of the molecule is C#CCN(C)c1nc(NCCC)nc(N(OC)C(C(=O)O)C(=O)O)n1. The zero-order chi connectivity index (χ0) is 19.0. The molecule has 0 saturated carbocycles. The van der Waals surface area contributed by atoms with Gasteiger partial charge >= 0.3 is 11.9 Å². The van der Waals surface area contributed by atoms with E-state index in [2.05, 4.69) is 26.2 Å². The summed E-state index contributed by atoms with van der Waals surface area (Å²) in [7, 11) is 2.75. The van der Waals surface area contributed by atoms with Crippen LogP contribution in [0.15, 0.2) is 0 Å². The van der Waals surface area contributed by atoms with Crippen LogP contribution in [0.1, 0.15) is 13.3 Å². The van der Waals surface area contributed by atoms with Crippen LogP contribution in [0.5, 0.6) is 0 Å². The number of carbonyl (C=O) groups is 2. The molecule has 0 aliphatic carbocycles. The van der Waals surface area contributed by atoms with E-state index in [0.29, 0.717) is 11.6 Å². The standard InChI is InChI=1S/C14H20N6O5/c1-5-7-15-12-16-13(19(3)8-6-2)18-14(17-12)20(25-4)9(10(21)22)11(23)24/h2,9H,5,7-8H2,1,3-4H3,(H,21,22)(H,23,24)(H,15,16,17,18). The molecule has 1 rings (SSSR count). The number of carboxylic acids is 2. The summed E-state index contributed by atoms with van der Waals surface area (Å²) in [4.78, 5) is 41.2. The summed E-state index contributed by atoms with van der Waals surface area (Å²) in [5, 5.41) is 21.8. The second kappa shape index (κ2) is 9.24. The third-order valence-corrected chi connectivity index (χ3v) is 2.91. The number of aliphatic carboxylic acids is 2. The first kappa shape index (κ1) is 19.9. The third-order valence-electron chi connectivity index (χ3n) is 2.91. The van der Waals surface area contributed by atoms with Crippen molar-refractivity contribution in [3.63, 3.8) is 0 Å². The fraction of sp³-hybridized carbons (Fsp3) is 0.500. The van der Waals surface area contributed by atoms with Crippen LogP contribution in [0.3, 0.4) is 0 Å². The topological polar surface area (TPSA) is 141 Å². The number of rotatable bonds is 10. The van der Waals surface area contributed by atoms with Gasteiger partial charge in [-0.05, 0) is 6.42 Å². The van der Waals surface area contributed by atoms with E-state index < -0.39 is 18.0 Å². The van der Waals surface area contributed by atoms with Gasteiger partial charge < -0.3 is 20.4 Å². The molecule has 136 valence electrons. The maximum absolute atomic E-state index is 11.3. The first-order valence-electron chi connectivity index (χ1n) is 7.29. The van der Waals surface area contributed by atoms with Gasteiger partial charge in [0, 0.05) is 13.6 Å². The highest BCUT2D eigenvalue weighted by atomic mass is 16.7. The smallest absolute Gasteiger partial charge is 0.340 e. The van der Waals surface area contributed by atoms with Crippen molar-refractivity contribution < 1.29 is 24.6 Å². The normalized spacial score (nSPS) is 10.2. The Kier molecular flexibility index (Phi) is 7.36. The van der Waals surface area contributed by atoms with Gasteiger partial charge in [-0.2, -0.15) is 20.0 Å². The van der Waals surface area contributed by atoms with Crippen LogP contribution >= 0.6 is 0 Å². The summed E-state index contributed by atoms with van der Waals surface area (Å²) >= 11 is 0. The molecule has 0 amide bonds. The molecule has 0 aromatic carbocycles. The van der Waals surface area contributed by atoms with Gasteiger partial charge in [0.05, 0.1) is 13.7 Å². The molecule has 1 heterocycles. The lowest BCUT2D eigenvalue weighted by Gasteiger charge is -2.24. The molecule has 25 heavy (non-hydrogen) atoms. The molecule has 0 unspecified atom stereocenters. The number of aromatic nitrogens is 3. The van der Waals surface area contributed by atoms with Crippen molar-refractivity contribution >= 4 is 29.8 Å². The van der Waals surface area contributed by atoms with Gasteiger partial charge in [0.15, 0.2) is 0 Å². The van der Waals surface area contributed by atoms with Crippen molar-refractivity contribution in [2.24, 2.45) is 0 Å². The van der Waals surface area contributed by atoms with E-state index in [9.17, 15) is 9.59 Å². The Morgan fingerprint density at radius 2 is 1.88 bits per heavy atom. The van der Waals surface area contributed by atoms with E-state index in [1.54, 1.807) is 7.05 Å². The summed E-state index contributed by atoms with van der Waals surface area (Å²) in [6, 6.07) is -2.03. The molecule has 0 radical (unpaired) electrons. The van der Waals surface area contributed by atoms with Gasteiger partial charge in [-0.15, -0.1) is 6.42 Å². The highest BCUT2D eigenvalue weighted by Gasteiger charge is 2.36. The summed E-state index contributed by atoms with van der Waals surface area (Å²) < 4.78 is 0. The van der Waals surface area contributed by atoms with E-state index in [4.69, 9.17) is 21.5 Å². The molecule has 0 aliphatic rings. The average molecular weight is 352 g/mol. The minimum absolute atomic E-state index is 0.137. The molecule has 1 aromatic rings. The molecule has 0 bridgehead atoms. The lowest BCUT2D eigenvalue weighted by molar-refractivity contribution is -0.152. The number of hydrogen-bond acceptors (Lipinski definition) is 9. The predicted molar refractivity (Wildman–Crippen MR) is 89.3 cm³/mol. The second-order valence-electron chi connectivity index (χ2n) is 4.83. The minimum Gasteiger partial charge on any atom is -0.479 e. The Hall–Kier alpha value is -3.13. The van der Waals surface area contributed by atoms with E-state index >= 15 is 0 Å². The van der Waals surface area contributed by atoms with Gasteiger partial charge in [-0.25, -0.2) is 9.59 Å². The molecule has 0 spiro atoms. The van der Waals surface area contributed by atoms with Crippen molar-refractivity contribution in [3.05, 3.63) is 0 Å². The summed E-state index contributed by atoms with van der Waals surface area (Å²) in [6.45, 7) is 2.67. The molecule has 0 aliphatic heterocycles. The molecular weight excluding hydrogens is 332 g/mol. The molecule has 0 fully saturated rings. The fourth-order valence-electron chi connectivity index (χ4n) is 1.76. The van der Waals surface area contributed by atoms with Gasteiger partial charge in [0.2, 0.25) is 11.9 Å². The molecule has 3 N–H and O–H groups in total. The van der Waals surface area contributed by atoms with Crippen molar-refractivity contribution in [2.45, 2.75) is 19.4 Å². The largest absolute Gasteiger partial charge is 0.479 e. The average Bonchev–Trinajstić information content (AvgIpc) is 2.56. The summed E-state index contributed by atoms with van der Waals surface area (Å²) in [5.41, 5.74) is 0. The Bertz CT molecular complexity index is 648. The third kappa shape index (κ3) is 5.18. The maximum atomic E-state index is 11.3. The first-order chi connectivity index (χ1) is 11.8. The summed E-state index contributed by atoms with van der Waals surface area (Å²) in [5.74, 6) is -0.829. The number of carboxylic acid groups (broad SMARTS) is 2. The molecule has 1 aromatic heterocycles. The van der Waals surface area contributed by atoms with Crippen molar-refractivity contribution in [2.75, 3.05) is 42.5 Å². The molecular formula is C14H20N6O5. The van der Waals surface area contributed by atoms with Crippen LogP contribution in [0.4, 0.5) is 17.8 Å². The number of nitrogens with zero attached hydrogens (tertiary/aromatic N) is 5. The zero-order valence-electron chi connectivity index (χ0n) is 14.1. The molecule has 11 heteroatoms. The Balaban J connectivity index is 3.38. The molecule has 11 nitrogen and oxygen atoms in total. The van der Waals surface area contributed by atoms with Crippen LogP contribution in [0.2, 0.25) is 0 Å². The predicted octanol–water partition coefficient (Wildman–Crippen LogP) is -0.331. The van der Waals surface area contributed by atoms with Crippen molar-refractivity contribution in [1.29, 1.82) is 0 Å². The Labute approximate surface area is 144 Å². The maximum Gasteiger partial charge on any atom is 0.340 e. The number of hydroxylamine groups is 1.